The highest BCUT2D eigenvalue weighted by Gasteiger charge is 2.11. The molecular formula is C15H15N5O. The van der Waals surface area contributed by atoms with Crippen molar-refractivity contribution >= 4 is 22.6 Å². The molecule has 1 amide bonds. The molecule has 0 unspecified atom stereocenters. The zero-order valence-electron chi connectivity index (χ0n) is 12.1. The lowest BCUT2D eigenvalue weighted by Gasteiger charge is -2.05. The lowest BCUT2D eigenvalue weighted by Crippen LogP contribution is -2.07. The maximum atomic E-state index is 11.1. The molecule has 0 saturated carbocycles. The second-order valence-corrected chi connectivity index (χ2v) is 4.94. The summed E-state index contributed by atoms with van der Waals surface area (Å²) in [5.41, 5.74) is 3.75. The van der Waals surface area contributed by atoms with E-state index >= 15 is 0 Å². The number of carbonyl (C=O) groups is 1. The summed E-state index contributed by atoms with van der Waals surface area (Å²) in [7, 11) is 1.96. The van der Waals surface area contributed by atoms with Crippen molar-refractivity contribution in [3.63, 3.8) is 0 Å². The van der Waals surface area contributed by atoms with E-state index in [0.29, 0.717) is 5.82 Å². The molecule has 6 nitrogen and oxygen atoms in total. The van der Waals surface area contributed by atoms with Crippen molar-refractivity contribution in [2.45, 2.75) is 13.8 Å². The molecule has 0 aliphatic carbocycles. The van der Waals surface area contributed by atoms with Gasteiger partial charge in [-0.05, 0) is 19.1 Å². The summed E-state index contributed by atoms with van der Waals surface area (Å²) >= 11 is 0. The molecule has 3 heterocycles. The van der Waals surface area contributed by atoms with Gasteiger partial charge >= 0.3 is 0 Å². The molecule has 3 aromatic heterocycles. The summed E-state index contributed by atoms with van der Waals surface area (Å²) in [6.45, 7) is 3.40. The zero-order chi connectivity index (χ0) is 15.0. The Kier molecular flexibility index (Phi) is 3.13. The predicted molar refractivity (Wildman–Crippen MR) is 80.8 cm³/mol. The lowest BCUT2D eigenvalue weighted by atomic mass is 10.2. The van der Waals surface area contributed by atoms with Gasteiger partial charge in [-0.2, -0.15) is 0 Å². The quantitative estimate of drug-likeness (QED) is 0.782. The van der Waals surface area contributed by atoms with Gasteiger partial charge in [-0.15, -0.1) is 0 Å². The topological polar surface area (TPSA) is 72.7 Å². The standard InChI is InChI=1S/C15H15N5O/c1-9-4-12(18-8-17-9)14-5-11-7-16-15(19-10(2)21)6-13(11)20(14)3/h4-8H,1-3H3,(H,16,19,21). The number of fused-ring (bicyclic) bond motifs is 1. The SMILES string of the molecule is CC(=O)Nc1cc2c(cn1)cc(-c1cc(C)ncn1)n2C. The van der Waals surface area contributed by atoms with Crippen molar-refractivity contribution in [1.82, 2.24) is 19.5 Å². The first-order chi connectivity index (χ1) is 10.0. The van der Waals surface area contributed by atoms with Crippen molar-refractivity contribution in [1.29, 1.82) is 0 Å². The van der Waals surface area contributed by atoms with Crippen molar-refractivity contribution in [2.24, 2.45) is 7.05 Å². The Morgan fingerprint density at radius 2 is 2.00 bits per heavy atom. The van der Waals surface area contributed by atoms with E-state index in [1.807, 2.05) is 36.7 Å². The van der Waals surface area contributed by atoms with Gasteiger partial charge in [0.25, 0.3) is 0 Å². The number of anilines is 1. The lowest BCUT2D eigenvalue weighted by molar-refractivity contribution is -0.114. The molecular weight excluding hydrogens is 266 g/mol. The fourth-order valence-corrected chi connectivity index (χ4v) is 2.32. The summed E-state index contributed by atoms with van der Waals surface area (Å²) < 4.78 is 2.03. The first-order valence-electron chi connectivity index (χ1n) is 6.56. The Hall–Kier alpha value is -2.76. The molecule has 0 spiro atoms. The Labute approximate surface area is 121 Å². The van der Waals surface area contributed by atoms with Crippen molar-refractivity contribution in [3.05, 3.63) is 36.4 Å². The van der Waals surface area contributed by atoms with E-state index in [1.54, 1.807) is 12.5 Å². The molecule has 0 aromatic carbocycles. The van der Waals surface area contributed by atoms with Crippen molar-refractivity contribution in [3.8, 4) is 11.4 Å². The zero-order valence-corrected chi connectivity index (χ0v) is 12.1. The van der Waals surface area contributed by atoms with E-state index in [-0.39, 0.29) is 5.91 Å². The number of pyridine rings is 1. The van der Waals surface area contributed by atoms with Gasteiger partial charge < -0.3 is 9.88 Å². The summed E-state index contributed by atoms with van der Waals surface area (Å²) in [6.07, 6.45) is 3.31. The van der Waals surface area contributed by atoms with Crippen LogP contribution in [0.1, 0.15) is 12.6 Å². The molecule has 0 radical (unpaired) electrons. The molecule has 0 bridgehead atoms. The molecule has 106 valence electrons. The second-order valence-electron chi connectivity index (χ2n) is 4.94. The fraction of sp³-hybridized carbons (Fsp3) is 0.200. The van der Waals surface area contributed by atoms with Crippen LogP contribution >= 0.6 is 0 Å². The van der Waals surface area contributed by atoms with E-state index in [4.69, 9.17) is 0 Å². The number of nitrogens with zero attached hydrogens (tertiary/aromatic N) is 4. The largest absolute Gasteiger partial charge is 0.342 e. The molecule has 21 heavy (non-hydrogen) atoms. The van der Waals surface area contributed by atoms with Crippen LogP contribution in [0.5, 0.6) is 0 Å². The summed E-state index contributed by atoms with van der Waals surface area (Å²) in [5, 5.41) is 3.69. The van der Waals surface area contributed by atoms with Crippen LogP contribution in [-0.2, 0) is 11.8 Å². The highest BCUT2D eigenvalue weighted by molar-refractivity contribution is 5.92. The minimum atomic E-state index is -0.136. The molecule has 0 fully saturated rings. The van der Waals surface area contributed by atoms with E-state index in [1.165, 1.54) is 6.92 Å². The number of hydrogen-bond acceptors (Lipinski definition) is 4. The summed E-state index contributed by atoms with van der Waals surface area (Å²) in [5.74, 6) is 0.407. The fourth-order valence-electron chi connectivity index (χ4n) is 2.32. The number of amides is 1. The van der Waals surface area contributed by atoms with Crippen molar-refractivity contribution in [2.75, 3.05) is 5.32 Å². The average molecular weight is 281 g/mol. The normalized spacial score (nSPS) is 10.8. The Morgan fingerprint density at radius 3 is 2.71 bits per heavy atom. The number of hydrogen-bond donors (Lipinski definition) is 1. The van der Waals surface area contributed by atoms with Crippen LogP contribution in [0.15, 0.2) is 30.7 Å². The first kappa shape index (κ1) is 13.2. The third-order valence-corrected chi connectivity index (χ3v) is 3.30. The number of rotatable bonds is 2. The van der Waals surface area contributed by atoms with Crippen molar-refractivity contribution < 1.29 is 4.79 Å². The van der Waals surface area contributed by atoms with E-state index in [9.17, 15) is 4.79 Å². The Bertz CT molecular complexity index is 837. The molecule has 0 aliphatic heterocycles. The number of aryl methyl sites for hydroxylation is 2. The van der Waals surface area contributed by atoms with Crippen LogP contribution in [-0.4, -0.2) is 25.4 Å². The van der Waals surface area contributed by atoms with Gasteiger partial charge in [0.05, 0.1) is 16.9 Å². The van der Waals surface area contributed by atoms with Gasteiger partial charge in [0.1, 0.15) is 12.1 Å². The van der Waals surface area contributed by atoms with Crippen LogP contribution in [0.25, 0.3) is 22.3 Å². The van der Waals surface area contributed by atoms with Crippen LogP contribution in [0.3, 0.4) is 0 Å². The predicted octanol–water partition coefficient (Wildman–Crippen LogP) is 2.30. The van der Waals surface area contributed by atoms with Gasteiger partial charge in [-0.25, -0.2) is 15.0 Å². The summed E-state index contributed by atoms with van der Waals surface area (Å²) in [6, 6.07) is 5.83. The maximum Gasteiger partial charge on any atom is 0.222 e. The van der Waals surface area contributed by atoms with Gasteiger partial charge in [0.2, 0.25) is 5.91 Å². The second kappa shape index (κ2) is 4.97. The molecule has 0 aliphatic rings. The van der Waals surface area contributed by atoms with Gasteiger partial charge in [0, 0.05) is 37.3 Å². The number of aromatic nitrogens is 4. The first-order valence-corrected chi connectivity index (χ1v) is 6.56. The van der Waals surface area contributed by atoms with Crippen LogP contribution in [0, 0.1) is 6.92 Å². The third-order valence-electron chi connectivity index (χ3n) is 3.30. The smallest absolute Gasteiger partial charge is 0.222 e. The van der Waals surface area contributed by atoms with Crippen LogP contribution in [0.4, 0.5) is 5.82 Å². The maximum absolute atomic E-state index is 11.1. The molecule has 0 saturated heterocycles. The third kappa shape index (κ3) is 2.47. The Balaban J connectivity index is 2.13. The summed E-state index contributed by atoms with van der Waals surface area (Å²) in [4.78, 5) is 23.8. The van der Waals surface area contributed by atoms with Crippen LogP contribution < -0.4 is 5.32 Å². The highest BCUT2D eigenvalue weighted by Crippen LogP contribution is 2.26. The monoisotopic (exact) mass is 281 g/mol. The molecule has 3 rings (SSSR count). The highest BCUT2D eigenvalue weighted by atomic mass is 16.1. The van der Waals surface area contributed by atoms with Gasteiger partial charge in [-0.1, -0.05) is 0 Å². The molecule has 1 N–H and O–H groups in total. The van der Waals surface area contributed by atoms with Crippen LogP contribution in [0.2, 0.25) is 0 Å². The van der Waals surface area contributed by atoms with E-state index in [0.717, 1.165) is 28.0 Å². The van der Waals surface area contributed by atoms with E-state index < -0.39 is 0 Å². The van der Waals surface area contributed by atoms with Gasteiger partial charge in [-0.3, -0.25) is 4.79 Å². The Morgan fingerprint density at radius 1 is 1.19 bits per heavy atom. The average Bonchev–Trinajstić information content (AvgIpc) is 2.75. The minimum absolute atomic E-state index is 0.136. The minimum Gasteiger partial charge on any atom is -0.342 e. The van der Waals surface area contributed by atoms with Gasteiger partial charge in [0.15, 0.2) is 0 Å². The molecule has 6 heteroatoms. The van der Waals surface area contributed by atoms with E-state index in [2.05, 4.69) is 20.3 Å². The number of nitrogens with one attached hydrogen (secondary N) is 1. The molecule has 3 aromatic rings. The number of carbonyl (C=O) groups excluding carboxylic acids is 1. The molecule has 0 atom stereocenters.